The van der Waals surface area contributed by atoms with Crippen molar-refractivity contribution in [2.45, 2.75) is 38.3 Å². The molecular weight excluding hydrogens is 328 g/mol. The lowest BCUT2D eigenvalue weighted by Gasteiger charge is -2.33. The first-order chi connectivity index (χ1) is 11.4. The van der Waals surface area contributed by atoms with Crippen LogP contribution in [0.3, 0.4) is 0 Å². The lowest BCUT2D eigenvalue weighted by atomic mass is 10.0. The zero-order chi connectivity index (χ0) is 17.3. The standard InChI is InChI=1S/C16H22N4O3S/c1-11(15-18-12-7-3-4-8-13(12)19-15)17-16(21)14-9-5-6-10-20(14)24(2,22)23/h3-4,7-8,11,14H,5-6,9-10H2,1-2H3,(H,17,21)(H,18,19). The highest BCUT2D eigenvalue weighted by Gasteiger charge is 2.35. The predicted octanol–water partition coefficient (Wildman–Crippen LogP) is 1.55. The summed E-state index contributed by atoms with van der Waals surface area (Å²) in [5.74, 6) is 0.388. The maximum absolute atomic E-state index is 12.6. The number of rotatable bonds is 4. The molecule has 1 saturated heterocycles. The van der Waals surface area contributed by atoms with E-state index in [0.717, 1.165) is 30.1 Å². The van der Waals surface area contributed by atoms with E-state index in [9.17, 15) is 13.2 Å². The van der Waals surface area contributed by atoms with Gasteiger partial charge in [-0.05, 0) is 31.9 Å². The summed E-state index contributed by atoms with van der Waals surface area (Å²) in [5.41, 5.74) is 1.74. The van der Waals surface area contributed by atoms with Crippen LogP contribution >= 0.6 is 0 Å². The lowest BCUT2D eigenvalue weighted by molar-refractivity contribution is -0.126. The van der Waals surface area contributed by atoms with Crippen molar-refractivity contribution in [1.29, 1.82) is 0 Å². The van der Waals surface area contributed by atoms with E-state index in [0.29, 0.717) is 18.8 Å². The number of carbonyl (C=O) groups excluding carboxylic acids is 1. The average Bonchev–Trinajstić information content (AvgIpc) is 2.98. The van der Waals surface area contributed by atoms with Crippen molar-refractivity contribution in [2.24, 2.45) is 0 Å². The molecule has 0 spiro atoms. The number of piperidine rings is 1. The molecule has 130 valence electrons. The largest absolute Gasteiger partial charge is 0.345 e. The van der Waals surface area contributed by atoms with Crippen molar-refractivity contribution in [3.05, 3.63) is 30.1 Å². The Morgan fingerprint density at radius 3 is 2.83 bits per heavy atom. The van der Waals surface area contributed by atoms with Crippen molar-refractivity contribution in [3.8, 4) is 0 Å². The topological polar surface area (TPSA) is 95.2 Å². The fourth-order valence-electron chi connectivity index (χ4n) is 3.12. The summed E-state index contributed by atoms with van der Waals surface area (Å²) in [5, 5.41) is 2.89. The second-order valence-corrected chi connectivity index (χ2v) is 8.19. The van der Waals surface area contributed by atoms with Crippen molar-refractivity contribution >= 4 is 27.0 Å². The van der Waals surface area contributed by atoms with E-state index in [1.807, 2.05) is 31.2 Å². The van der Waals surface area contributed by atoms with Crippen molar-refractivity contribution in [3.63, 3.8) is 0 Å². The minimum atomic E-state index is -3.39. The number of nitrogens with zero attached hydrogens (tertiary/aromatic N) is 2. The van der Waals surface area contributed by atoms with Gasteiger partial charge in [-0.1, -0.05) is 18.6 Å². The number of amides is 1. The van der Waals surface area contributed by atoms with Crippen LogP contribution in [0.5, 0.6) is 0 Å². The summed E-state index contributed by atoms with van der Waals surface area (Å²) in [6.45, 7) is 2.24. The summed E-state index contributed by atoms with van der Waals surface area (Å²) >= 11 is 0. The molecule has 2 heterocycles. The van der Waals surface area contributed by atoms with Gasteiger partial charge in [-0.3, -0.25) is 4.79 Å². The number of carbonyl (C=O) groups is 1. The zero-order valence-electron chi connectivity index (χ0n) is 13.8. The van der Waals surface area contributed by atoms with Crippen LogP contribution in [0.25, 0.3) is 11.0 Å². The number of sulfonamides is 1. The van der Waals surface area contributed by atoms with Gasteiger partial charge in [0.2, 0.25) is 15.9 Å². The number of imidazole rings is 1. The molecule has 0 aliphatic carbocycles. The van der Waals surface area contributed by atoms with E-state index in [-0.39, 0.29) is 11.9 Å². The molecule has 2 unspecified atom stereocenters. The SMILES string of the molecule is CC(NC(=O)C1CCCCN1S(C)(=O)=O)c1nc2ccccc2[nH]1. The maximum Gasteiger partial charge on any atom is 0.239 e. The molecule has 0 saturated carbocycles. The Morgan fingerprint density at radius 1 is 1.38 bits per heavy atom. The molecular formula is C16H22N4O3S. The molecule has 1 amide bonds. The maximum atomic E-state index is 12.6. The molecule has 1 aromatic carbocycles. The Bertz CT molecular complexity index is 813. The Balaban J connectivity index is 1.75. The van der Waals surface area contributed by atoms with Gasteiger partial charge in [-0.25, -0.2) is 13.4 Å². The van der Waals surface area contributed by atoms with Gasteiger partial charge in [0.15, 0.2) is 0 Å². The van der Waals surface area contributed by atoms with Crippen LogP contribution in [0.15, 0.2) is 24.3 Å². The summed E-state index contributed by atoms with van der Waals surface area (Å²) in [6, 6.07) is 6.68. The fourth-order valence-corrected chi connectivity index (χ4v) is 4.24. The predicted molar refractivity (Wildman–Crippen MR) is 91.8 cm³/mol. The average molecular weight is 350 g/mol. The molecule has 1 aromatic heterocycles. The van der Waals surface area contributed by atoms with Crippen molar-refractivity contribution in [2.75, 3.05) is 12.8 Å². The third-order valence-electron chi connectivity index (χ3n) is 4.36. The second kappa shape index (κ2) is 6.52. The Hall–Kier alpha value is -1.93. The van der Waals surface area contributed by atoms with Crippen LogP contribution in [0, 0.1) is 0 Å². The Morgan fingerprint density at radius 2 is 2.12 bits per heavy atom. The second-order valence-electron chi connectivity index (χ2n) is 6.25. The molecule has 2 atom stereocenters. The first kappa shape index (κ1) is 16.9. The van der Waals surface area contributed by atoms with Crippen molar-refractivity contribution in [1.82, 2.24) is 19.6 Å². The Kier molecular flexibility index (Phi) is 4.60. The normalized spacial score (nSPS) is 20.8. The van der Waals surface area contributed by atoms with E-state index >= 15 is 0 Å². The molecule has 1 aliphatic rings. The smallest absolute Gasteiger partial charge is 0.239 e. The third kappa shape index (κ3) is 3.44. The first-order valence-corrected chi connectivity index (χ1v) is 9.93. The lowest BCUT2D eigenvalue weighted by Crippen LogP contribution is -2.51. The number of nitrogens with one attached hydrogen (secondary N) is 2. The van der Waals surface area contributed by atoms with E-state index in [2.05, 4.69) is 15.3 Å². The minimum Gasteiger partial charge on any atom is -0.345 e. The van der Waals surface area contributed by atoms with E-state index in [4.69, 9.17) is 0 Å². The van der Waals surface area contributed by atoms with Crippen LogP contribution in [-0.2, 0) is 14.8 Å². The first-order valence-electron chi connectivity index (χ1n) is 8.08. The number of para-hydroxylation sites is 2. The van der Waals surface area contributed by atoms with Crippen LogP contribution < -0.4 is 5.32 Å². The van der Waals surface area contributed by atoms with Gasteiger partial charge < -0.3 is 10.3 Å². The molecule has 2 N–H and O–H groups in total. The number of aromatic nitrogens is 2. The Labute approximate surface area is 141 Å². The number of aromatic amines is 1. The number of H-pyrrole nitrogens is 1. The number of benzene rings is 1. The number of hydrogen-bond acceptors (Lipinski definition) is 4. The molecule has 1 aliphatic heterocycles. The molecule has 24 heavy (non-hydrogen) atoms. The van der Waals surface area contributed by atoms with Gasteiger partial charge in [0.25, 0.3) is 0 Å². The molecule has 1 fully saturated rings. The third-order valence-corrected chi connectivity index (χ3v) is 5.65. The van der Waals surface area contributed by atoms with Gasteiger partial charge in [-0.15, -0.1) is 0 Å². The van der Waals surface area contributed by atoms with Gasteiger partial charge >= 0.3 is 0 Å². The summed E-state index contributed by atoms with van der Waals surface area (Å²) in [7, 11) is -3.39. The van der Waals surface area contributed by atoms with Crippen molar-refractivity contribution < 1.29 is 13.2 Å². The fraction of sp³-hybridized carbons (Fsp3) is 0.500. The molecule has 7 nitrogen and oxygen atoms in total. The highest BCUT2D eigenvalue weighted by molar-refractivity contribution is 7.88. The summed E-state index contributed by atoms with van der Waals surface area (Å²) < 4.78 is 25.1. The van der Waals surface area contributed by atoms with Gasteiger partial charge in [0.05, 0.1) is 23.3 Å². The van der Waals surface area contributed by atoms with E-state index in [1.165, 1.54) is 4.31 Å². The summed E-state index contributed by atoms with van der Waals surface area (Å²) in [6.07, 6.45) is 3.34. The monoisotopic (exact) mass is 350 g/mol. The van der Waals surface area contributed by atoms with Crippen LogP contribution in [0.1, 0.15) is 38.1 Å². The quantitative estimate of drug-likeness (QED) is 0.875. The van der Waals surface area contributed by atoms with Crippen LogP contribution in [0.2, 0.25) is 0 Å². The molecule has 0 radical (unpaired) electrons. The molecule has 2 aromatic rings. The van der Waals surface area contributed by atoms with E-state index < -0.39 is 16.1 Å². The molecule has 8 heteroatoms. The van der Waals surface area contributed by atoms with E-state index in [1.54, 1.807) is 0 Å². The highest BCUT2D eigenvalue weighted by atomic mass is 32.2. The van der Waals surface area contributed by atoms with Gasteiger partial charge in [0, 0.05) is 6.54 Å². The molecule has 3 rings (SSSR count). The number of hydrogen-bond donors (Lipinski definition) is 2. The summed E-state index contributed by atoms with van der Waals surface area (Å²) in [4.78, 5) is 20.3. The van der Waals surface area contributed by atoms with Gasteiger partial charge in [0.1, 0.15) is 11.9 Å². The minimum absolute atomic E-state index is 0.270. The molecule has 0 bridgehead atoms. The van der Waals surface area contributed by atoms with Crippen LogP contribution in [-0.4, -0.2) is 47.4 Å². The number of fused-ring (bicyclic) bond motifs is 1. The van der Waals surface area contributed by atoms with Crippen LogP contribution in [0.4, 0.5) is 0 Å². The zero-order valence-corrected chi connectivity index (χ0v) is 14.6. The van der Waals surface area contributed by atoms with Gasteiger partial charge in [-0.2, -0.15) is 4.31 Å². The highest BCUT2D eigenvalue weighted by Crippen LogP contribution is 2.21.